The van der Waals surface area contributed by atoms with Crippen molar-refractivity contribution in [2.24, 2.45) is 5.41 Å². The number of hydrogen-bond acceptors (Lipinski definition) is 2. The summed E-state index contributed by atoms with van der Waals surface area (Å²) in [5.74, 6) is -3.59. The van der Waals surface area contributed by atoms with Crippen LogP contribution in [0.2, 0.25) is 0 Å². The molecule has 2 heterocycles. The number of likely N-dealkylation sites (tertiary alicyclic amines) is 1. The van der Waals surface area contributed by atoms with Gasteiger partial charge in [-0.2, -0.15) is 0 Å². The maximum atomic E-state index is 13.2. The minimum Gasteiger partial charge on any atom is -0.317 e. The Hall–Kier alpha value is -0.780. The molecule has 3 rings (SSSR count). The maximum Gasteiger partial charge on any atom is 0.194 e. The van der Waals surface area contributed by atoms with Crippen LogP contribution < -0.4 is 5.32 Å². The van der Waals surface area contributed by atoms with Crippen molar-refractivity contribution in [1.29, 1.82) is 0 Å². The van der Waals surface area contributed by atoms with Crippen molar-refractivity contribution in [3.05, 3.63) is 35.1 Å². The van der Waals surface area contributed by atoms with Gasteiger partial charge in [-0.3, -0.25) is 4.90 Å². The fourth-order valence-electron chi connectivity index (χ4n) is 3.49. The van der Waals surface area contributed by atoms with Crippen molar-refractivity contribution in [2.75, 3.05) is 26.2 Å². The molecule has 2 nitrogen and oxygen atoms in total. The first-order valence-electron chi connectivity index (χ1n) is 7.15. The normalized spacial score (nSPS) is 21.5. The molecule has 1 aromatic rings. The molecule has 2 aliphatic rings. The van der Waals surface area contributed by atoms with Crippen LogP contribution in [-0.4, -0.2) is 31.1 Å². The molecule has 6 heteroatoms. The van der Waals surface area contributed by atoms with Gasteiger partial charge in [0, 0.05) is 13.1 Å². The summed E-state index contributed by atoms with van der Waals surface area (Å²) in [6.45, 7) is 4.50. The van der Waals surface area contributed by atoms with Gasteiger partial charge in [0.1, 0.15) is 0 Å². The summed E-state index contributed by atoms with van der Waals surface area (Å²) in [6.07, 6.45) is 3.46. The van der Waals surface area contributed by atoms with E-state index in [4.69, 9.17) is 0 Å². The number of rotatable bonds is 2. The third-order valence-corrected chi connectivity index (χ3v) is 4.63. The van der Waals surface area contributed by atoms with E-state index in [0.29, 0.717) is 17.5 Å². The molecule has 1 spiro atoms. The molecule has 2 aliphatic heterocycles. The molecule has 0 radical (unpaired) electrons. The summed E-state index contributed by atoms with van der Waals surface area (Å²) in [7, 11) is 0. The lowest BCUT2D eigenvalue weighted by atomic mass is 9.78. The summed E-state index contributed by atoms with van der Waals surface area (Å²) in [6, 6.07) is 2.21. The predicted molar refractivity (Wildman–Crippen MR) is 78.0 cm³/mol. The van der Waals surface area contributed by atoms with Crippen LogP contribution in [-0.2, 0) is 6.54 Å². The lowest BCUT2D eigenvalue weighted by Crippen LogP contribution is -2.38. The highest BCUT2D eigenvalue weighted by molar-refractivity contribution is 5.85. The fraction of sp³-hybridized carbons (Fsp3) is 0.600. The first kappa shape index (κ1) is 16.6. The van der Waals surface area contributed by atoms with Gasteiger partial charge < -0.3 is 5.32 Å². The molecule has 0 aromatic heterocycles. The van der Waals surface area contributed by atoms with Crippen LogP contribution in [0.15, 0.2) is 12.1 Å². The van der Waals surface area contributed by atoms with Gasteiger partial charge in [0.2, 0.25) is 0 Å². The summed E-state index contributed by atoms with van der Waals surface area (Å²) < 4.78 is 39.4. The third-order valence-electron chi connectivity index (χ3n) is 4.63. The van der Waals surface area contributed by atoms with E-state index in [1.807, 2.05) is 0 Å². The second-order valence-electron chi connectivity index (χ2n) is 6.08. The van der Waals surface area contributed by atoms with Crippen molar-refractivity contribution in [1.82, 2.24) is 10.2 Å². The van der Waals surface area contributed by atoms with Gasteiger partial charge >= 0.3 is 0 Å². The lowest BCUT2D eigenvalue weighted by Gasteiger charge is -2.33. The van der Waals surface area contributed by atoms with Gasteiger partial charge in [-0.15, -0.1) is 12.4 Å². The first-order chi connectivity index (χ1) is 9.58. The lowest BCUT2D eigenvalue weighted by molar-refractivity contribution is 0.194. The number of nitrogens with zero attached hydrogens (tertiary/aromatic N) is 1. The highest BCUT2D eigenvalue weighted by Crippen LogP contribution is 2.39. The quantitative estimate of drug-likeness (QED) is 0.842. The number of hydrogen-bond donors (Lipinski definition) is 1. The number of nitrogens with one attached hydrogen (secondary N) is 1. The summed E-state index contributed by atoms with van der Waals surface area (Å²) in [4.78, 5) is 2.22. The van der Waals surface area contributed by atoms with E-state index in [-0.39, 0.29) is 12.4 Å². The fourth-order valence-corrected chi connectivity index (χ4v) is 3.49. The van der Waals surface area contributed by atoms with Crippen molar-refractivity contribution in [3.63, 3.8) is 0 Å². The molecule has 21 heavy (non-hydrogen) atoms. The molecule has 0 atom stereocenters. The number of benzene rings is 1. The van der Waals surface area contributed by atoms with E-state index < -0.39 is 17.5 Å². The zero-order valence-electron chi connectivity index (χ0n) is 11.8. The molecule has 1 N–H and O–H groups in total. The second-order valence-corrected chi connectivity index (χ2v) is 6.08. The Balaban J connectivity index is 0.00000161. The van der Waals surface area contributed by atoms with Crippen molar-refractivity contribution in [3.8, 4) is 0 Å². The molecule has 0 aliphatic carbocycles. The van der Waals surface area contributed by atoms with Crippen molar-refractivity contribution in [2.45, 2.75) is 25.8 Å². The Bertz CT molecular complexity index is 481. The van der Waals surface area contributed by atoms with E-state index in [9.17, 15) is 13.2 Å². The molecule has 0 unspecified atom stereocenters. The Labute approximate surface area is 129 Å². The Morgan fingerprint density at radius 2 is 1.67 bits per heavy atom. The predicted octanol–water partition coefficient (Wildman–Crippen LogP) is 3.10. The molecule has 0 saturated carbocycles. The van der Waals surface area contributed by atoms with Crippen LogP contribution in [0.3, 0.4) is 0 Å². The number of halogens is 4. The molecule has 0 amide bonds. The van der Waals surface area contributed by atoms with Gasteiger partial charge in [0.25, 0.3) is 0 Å². The smallest absolute Gasteiger partial charge is 0.194 e. The standard InChI is InChI=1S/C15H19F3N2.ClH/c16-12-7-11(8-13(17)14(12)18)9-20-6-3-15(10-20)1-4-19-5-2-15;/h7-8,19H,1-6,9-10H2;1H. The minimum atomic E-state index is -1.38. The summed E-state index contributed by atoms with van der Waals surface area (Å²) >= 11 is 0. The molecular weight excluding hydrogens is 301 g/mol. The summed E-state index contributed by atoms with van der Waals surface area (Å²) in [5.41, 5.74) is 0.870. The van der Waals surface area contributed by atoms with E-state index in [1.165, 1.54) is 0 Å². The van der Waals surface area contributed by atoms with Crippen LogP contribution in [0.5, 0.6) is 0 Å². The van der Waals surface area contributed by atoms with Gasteiger partial charge in [-0.25, -0.2) is 13.2 Å². The van der Waals surface area contributed by atoms with Crippen LogP contribution in [0.25, 0.3) is 0 Å². The van der Waals surface area contributed by atoms with E-state index in [2.05, 4.69) is 10.2 Å². The van der Waals surface area contributed by atoms with Crippen LogP contribution in [0.1, 0.15) is 24.8 Å². The molecule has 118 valence electrons. The van der Waals surface area contributed by atoms with Crippen LogP contribution >= 0.6 is 12.4 Å². The maximum absolute atomic E-state index is 13.2. The van der Waals surface area contributed by atoms with Crippen molar-refractivity contribution >= 4 is 12.4 Å². The molecule has 1 aromatic carbocycles. The highest BCUT2D eigenvalue weighted by atomic mass is 35.5. The Morgan fingerprint density at radius 1 is 1.05 bits per heavy atom. The molecule has 0 bridgehead atoms. The summed E-state index contributed by atoms with van der Waals surface area (Å²) in [5, 5.41) is 3.36. The number of piperidine rings is 1. The topological polar surface area (TPSA) is 15.3 Å². The average molecular weight is 321 g/mol. The van der Waals surface area contributed by atoms with E-state index in [0.717, 1.165) is 57.6 Å². The minimum absolute atomic E-state index is 0. The largest absolute Gasteiger partial charge is 0.317 e. The molecular formula is C15H20ClF3N2. The van der Waals surface area contributed by atoms with Gasteiger partial charge in [0.05, 0.1) is 0 Å². The van der Waals surface area contributed by atoms with Crippen LogP contribution in [0.4, 0.5) is 13.2 Å². The van der Waals surface area contributed by atoms with Gasteiger partial charge in [-0.1, -0.05) is 0 Å². The Morgan fingerprint density at radius 3 is 2.29 bits per heavy atom. The van der Waals surface area contributed by atoms with Crippen molar-refractivity contribution < 1.29 is 13.2 Å². The highest BCUT2D eigenvalue weighted by Gasteiger charge is 2.38. The Kier molecular flexibility index (Phi) is 5.17. The van der Waals surface area contributed by atoms with Gasteiger partial charge in [0.15, 0.2) is 17.5 Å². The SMILES string of the molecule is Cl.Fc1cc(CN2CCC3(CCNCC3)C2)cc(F)c1F. The molecule has 2 saturated heterocycles. The monoisotopic (exact) mass is 320 g/mol. The zero-order valence-corrected chi connectivity index (χ0v) is 12.6. The average Bonchev–Trinajstić information content (AvgIpc) is 2.79. The zero-order chi connectivity index (χ0) is 14.2. The third kappa shape index (κ3) is 3.52. The second kappa shape index (κ2) is 6.55. The van der Waals surface area contributed by atoms with Gasteiger partial charge in [-0.05, 0) is 62.0 Å². The molecule has 2 fully saturated rings. The van der Waals surface area contributed by atoms with E-state index >= 15 is 0 Å². The van der Waals surface area contributed by atoms with Crippen LogP contribution in [0, 0.1) is 22.9 Å². The first-order valence-corrected chi connectivity index (χ1v) is 7.15. The van der Waals surface area contributed by atoms with E-state index in [1.54, 1.807) is 0 Å².